The molecule has 0 aliphatic rings. The Balaban J connectivity index is 1.90. The number of aliphatic hydroxyl groups is 1. The van der Waals surface area contributed by atoms with Gasteiger partial charge in [-0.1, -0.05) is 50.2 Å². The quantitative estimate of drug-likeness (QED) is 0.703. The summed E-state index contributed by atoms with van der Waals surface area (Å²) in [6.07, 6.45) is 1.09. The van der Waals surface area contributed by atoms with Crippen molar-refractivity contribution in [3.8, 4) is 0 Å². The van der Waals surface area contributed by atoms with E-state index in [0.717, 1.165) is 11.0 Å². The molecule has 0 radical (unpaired) electrons. The first-order valence-electron chi connectivity index (χ1n) is 8.70. The Hall–Kier alpha value is -1.69. The number of nitrogens with zero attached hydrogens (tertiary/aromatic N) is 2. The summed E-state index contributed by atoms with van der Waals surface area (Å²) in [6, 6.07) is 16.5. The maximum absolute atomic E-state index is 12.0. The van der Waals surface area contributed by atoms with E-state index in [1.165, 1.54) is 10.8 Å². The molecule has 0 saturated carbocycles. The van der Waals surface area contributed by atoms with Gasteiger partial charge in [0.1, 0.15) is 0 Å². The molecule has 0 fully saturated rings. The van der Waals surface area contributed by atoms with Crippen molar-refractivity contribution in [1.29, 1.82) is 0 Å². The van der Waals surface area contributed by atoms with Crippen LogP contribution in [0.5, 0.6) is 0 Å². The Labute approximate surface area is 151 Å². The van der Waals surface area contributed by atoms with Gasteiger partial charge in [0.25, 0.3) is 0 Å². The van der Waals surface area contributed by atoms with Crippen molar-refractivity contribution in [3.63, 3.8) is 0 Å². The number of fused-ring (bicyclic) bond motifs is 3. The lowest BCUT2D eigenvalue weighted by Crippen LogP contribution is -2.37. The summed E-state index contributed by atoms with van der Waals surface area (Å²) >= 11 is 0. The Morgan fingerprint density at radius 3 is 2.00 bits per heavy atom. The Bertz CT molecular complexity index is 834. The maximum Gasteiger partial charge on any atom is 0.0911 e. The van der Waals surface area contributed by atoms with Crippen molar-refractivity contribution in [3.05, 3.63) is 48.5 Å². The minimum absolute atomic E-state index is 0.405. The molecule has 2 atom stereocenters. The summed E-state index contributed by atoms with van der Waals surface area (Å²) in [5.74, 6) is 0.407. The zero-order valence-electron chi connectivity index (χ0n) is 15.1. The van der Waals surface area contributed by atoms with Gasteiger partial charge in [0.05, 0.1) is 23.6 Å². The number of hydrogen-bond acceptors (Lipinski definition) is 2. The fourth-order valence-corrected chi connectivity index (χ4v) is 4.29. The maximum atomic E-state index is 12.0. The van der Waals surface area contributed by atoms with Crippen LogP contribution >= 0.6 is 0 Å². The lowest BCUT2D eigenvalue weighted by Gasteiger charge is -2.24. The van der Waals surface area contributed by atoms with E-state index in [9.17, 15) is 9.32 Å². The highest BCUT2D eigenvalue weighted by Gasteiger charge is 2.18. The molecule has 3 aromatic rings. The Kier molecular flexibility index (Phi) is 5.57. The molecule has 0 spiro atoms. The average Bonchev–Trinajstić information content (AvgIpc) is 2.88. The third-order valence-electron chi connectivity index (χ3n) is 4.42. The first kappa shape index (κ1) is 18.1. The number of aliphatic hydroxyl groups excluding tert-OH is 1. The SMILES string of the molecule is CC(C)CN(CC(O)Cn1c2ccccc2c2ccccc21)S(C)=O. The number of hydrogen-bond donors (Lipinski definition) is 1. The second kappa shape index (κ2) is 7.68. The predicted molar refractivity (Wildman–Crippen MR) is 106 cm³/mol. The van der Waals surface area contributed by atoms with E-state index in [1.54, 1.807) is 6.26 Å². The molecular formula is C20H26N2O2S. The van der Waals surface area contributed by atoms with E-state index >= 15 is 0 Å². The van der Waals surface area contributed by atoms with Crippen molar-refractivity contribution in [2.75, 3.05) is 19.3 Å². The highest BCUT2D eigenvalue weighted by Crippen LogP contribution is 2.28. The van der Waals surface area contributed by atoms with Gasteiger partial charge >= 0.3 is 0 Å². The lowest BCUT2D eigenvalue weighted by molar-refractivity contribution is 0.129. The molecule has 5 heteroatoms. The molecule has 1 aromatic heterocycles. The van der Waals surface area contributed by atoms with Crippen LogP contribution in [0.3, 0.4) is 0 Å². The van der Waals surface area contributed by atoms with Gasteiger partial charge in [-0.15, -0.1) is 0 Å². The van der Waals surface area contributed by atoms with Gasteiger partial charge in [0, 0.05) is 41.2 Å². The van der Waals surface area contributed by atoms with Gasteiger partial charge in [-0.3, -0.25) is 0 Å². The van der Waals surface area contributed by atoms with Crippen molar-refractivity contribution < 1.29 is 9.32 Å². The smallest absolute Gasteiger partial charge is 0.0911 e. The van der Waals surface area contributed by atoms with Crippen molar-refractivity contribution in [2.45, 2.75) is 26.5 Å². The summed E-state index contributed by atoms with van der Waals surface area (Å²) in [5.41, 5.74) is 2.24. The molecule has 134 valence electrons. The molecule has 2 unspecified atom stereocenters. The van der Waals surface area contributed by atoms with E-state index in [-0.39, 0.29) is 0 Å². The molecule has 3 rings (SSSR count). The van der Waals surface area contributed by atoms with E-state index in [2.05, 4.69) is 42.7 Å². The molecule has 0 saturated heterocycles. The number of aromatic nitrogens is 1. The van der Waals surface area contributed by atoms with Gasteiger partial charge < -0.3 is 9.67 Å². The standard InChI is InChI=1S/C20H26N2O2S/c1-15(2)12-21(25(3)24)13-16(23)14-22-19-10-6-4-8-17(19)18-9-5-7-11-20(18)22/h4-11,15-16,23H,12-14H2,1-3H3. The van der Waals surface area contributed by atoms with E-state index in [1.807, 2.05) is 28.6 Å². The number of para-hydroxylation sites is 2. The average molecular weight is 359 g/mol. The van der Waals surface area contributed by atoms with Crippen LogP contribution in [0.15, 0.2) is 48.5 Å². The molecule has 2 aromatic carbocycles. The van der Waals surface area contributed by atoms with Crippen molar-refractivity contribution in [2.24, 2.45) is 5.92 Å². The Morgan fingerprint density at radius 1 is 1.00 bits per heavy atom. The predicted octanol–water partition coefficient (Wildman–Crippen LogP) is 3.41. The van der Waals surface area contributed by atoms with Gasteiger partial charge in [-0.05, 0) is 18.1 Å². The van der Waals surface area contributed by atoms with E-state index in [4.69, 9.17) is 0 Å². The topological polar surface area (TPSA) is 45.5 Å². The largest absolute Gasteiger partial charge is 0.390 e. The van der Waals surface area contributed by atoms with Gasteiger partial charge in [-0.25, -0.2) is 8.51 Å². The van der Waals surface area contributed by atoms with Crippen LogP contribution in [0.2, 0.25) is 0 Å². The lowest BCUT2D eigenvalue weighted by atomic mass is 10.2. The fraction of sp³-hybridized carbons (Fsp3) is 0.400. The fourth-order valence-electron chi connectivity index (χ4n) is 3.40. The van der Waals surface area contributed by atoms with Crippen LogP contribution in [0.25, 0.3) is 21.8 Å². The van der Waals surface area contributed by atoms with Gasteiger partial charge in [0.2, 0.25) is 0 Å². The first-order chi connectivity index (χ1) is 12.0. The molecule has 25 heavy (non-hydrogen) atoms. The summed E-state index contributed by atoms with van der Waals surface area (Å²) < 4.78 is 16.0. The van der Waals surface area contributed by atoms with Crippen LogP contribution in [0, 0.1) is 5.92 Å². The van der Waals surface area contributed by atoms with Crippen molar-refractivity contribution >= 4 is 32.8 Å². The highest BCUT2D eigenvalue weighted by molar-refractivity contribution is 7.81. The summed E-state index contributed by atoms with van der Waals surface area (Å²) in [6.45, 7) is 5.80. The monoisotopic (exact) mass is 358 g/mol. The summed E-state index contributed by atoms with van der Waals surface area (Å²) in [4.78, 5) is 0. The van der Waals surface area contributed by atoms with E-state index in [0.29, 0.717) is 25.6 Å². The second-order valence-electron chi connectivity index (χ2n) is 6.96. The van der Waals surface area contributed by atoms with Crippen LogP contribution in [0.4, 0.5) is 0 Å². The molecule has 0 aliphatic heterocycles. The molecular weight excluding hydrogens is 332 g/mol. The number of rotatable bonds is 7. The minimum atomic E-state index is -1.08. The third-order valence-corrected chi connectivity index (χ3v) is 5.45. The molecule has 4 nitrogen and oxygen atoms in total. The zero-order valence-corrected chi connectivity index (χ0v) is 15.9. The number of benzene rings is 2. The minimum Gasteiger partial charge on any atom is -0.390 e. The Morgan fingerprint density at radius 2 is 1.52 bits per heavy atom. The molecule has 1 heterocycles. The van der Waals surface area contributed by atoms with Gasteiger partial charge in [0.15, 0.2) is 0 Å². The van der Waals surface area contributed by atoms with Crippen LogP contribution in [-0.4, -0.2) is 43.6 Å². The normalized spacial score (nSPS) is 14.6. The first-order valence-corrected chi connectivity index (χ1v) is 10.2. The molecule has 0 amide bonds. The van der Waals surface area contributed by atoms with Crippen molar-refractivity contribution in [1.82, 2.24) is 8.87 Å². The van der Waals surface area contributed by atoms with E-state index < -0.39 is 17.1 Å². The van der Waals surface area contributed by atoms with Crippen LogP contribution < -0.4 is 0 Å². The van der Waals surface area contributed by atoms with Crippen LogP contribution in [-0.2, 0) is 17.5 Å². The summed E-state index contributed by atoms with van der Waals surface area (Å²) in [5, 5.41) is 13.1. The summed E-state index contributed by atoms with van der Waals surface area (Å²) in [7, 11) is -1.08. The van der Waals surface area contributed by atoms with Crippen LogP contribution in [0.1, 0.15) is 13.8 Å². The van der Waals surface area contributed by atoms with Gasteiger partial charge in [-0.2, -0.15) is 0 Å². The molecule has 0 bridgehead atoms. The molecule has 0 aliphatic carbocycles. The molecule has 1 N–H and O–H groups in total. The second-order valence-corrected chi connectivity index (χ2v) is 8.33. The third kappa shape index (κ3) is 3.94. The zero-order chi connectivity index (χ0) is 18.0. The highest BCUT2D eigenvalue weighted by atomic mass is 32.2.